The molecule has 0 fully saturated rings. The molecule has 3 heterocycles. The quantitative estimate of drug-likeness (QED) is 0.371. The van der Waals surface area contributed by atoms with Gasteiger partial charge in [0.1, 0.15) is 11.7 Å². The van der Waals surface area contributed by atoms with Gasteiger partial charge in [0.15, 0.2) is 0 Å². The molecule has 0 radical (unpaired) electrons. The Bertz CT molecular complexity index is 1280. The van der Waals surface area contributed by atoms with Crippen LogP contribution < -0.4 is 0 Å². The second-order valence-corrected chi connectivity index (χ2v) is 7.49. The molecule has 0 bridgehead atoms. The van der Waals surface area contributed by atoms with E-state index in [1.54, 1.807) is 42.7 Å². The maximum atomic E-state index is 13.1. The molecule has 0 aliphatic rings. The average molecular weight is 449 g/mol. The number of nitriles is 1. The SMILES string of the molecule is N#Cc1cc(-c2ccnc3[nH]ccc23)n(CCC(F)(F)F)c1-c1ccc(Cl)cc1Cl. The van der Waals surface area contributed by atoms with Gasteiger partial charge in [0.05, 0.1) is 28.4 Å². The number of rotatable bonds is 4. The first kappa shape index (κ1) is 20.3. The molecule has 0 aliphatic carbocycles. The number of hydrogen-bond acceptors (Lipinski definition) is 2. The van der Waals surface area contributed by atoms with E-state index in [1.807, 2.05) is 0 Å². The number of aromatic nitrogens is 3. The Labute approximate surface area is 179 Å². The molecule has 0 spiro atoms. The van der Waals surface area contributed by atoms with Crippen LogP contribution >= 0.6 is 23.2 Å². The molecule has 4 rings (SSSR count). The highest BCUT2D eigenvalue weighted by atomic mass is 35.5. The molecule has 0 amide bonds. The smallest absolute Gasteiger partial charge is 0.346 e. The zero-order valence-corrected chi connectivity index (χ0v) is 16.8. The minimum Gasteiger partial charge on any atom is -0.346 e. The maximum Gasteiger partial charge on any atom is 0.390 e. The number of nitrogens with zero attached hydrogens (tertiary/aromatic N) is 3. The van der Waals surface area contributed by atoms with Crippen LogP contribution in [0.15, 0.2) is 48.8 Å². The van der Waals surface area contributed by atoms with Crippen molar-refractivity contribution in [3.05, 3.63) is 64.4 Å². The topological polar surface area (TPSA) is 57.4 Å². The summed E-state index contributed by atoms with van der Waals surface area (Å²) in [6, 6.07) is 11.9. The molecule has 0 aliphatic heterocycles. The third-order valence-corrected chi connectivity index (χ3v) is 5.31. The fourth-order valence-corrected chi connectivity index (χ4v) is 3.98. The van der Waals surface area contributed by atoms with Gasteiger partial charge in [0.25, 0.3) is 0 Å². The first-order chi connectivity index (χ1) is 14.3. The van der Waals surface area contributed by atoms with Gasteiger partial charge >= 0.3 is 6.18 Å². The molecule has 4 nitrogen and oxygen atoms in total. The van der Waals surface area contributed by atoms with E-state index in [0.29, 0.717) is 33.2 Å². The Kier molecular flexibility index (Phi) is 5.22. The summed E-state index contributed by atoms with van der Waals surface area (Å²) in [5, 5.41) is 11.1. The van der Waals surface area contributed by atoms with Crippen LogP contribution in [0, 0.1) is 11.3 Å². The van der Waals surface area contributed by atoms with Crippen LogP contribution in [0.4, 0.5) is 13.2 Å². The Morgan fingerprint density at radius 1 is 1.10 bits per heavy atom. The van der Waals surface area contributed by atoms with Crippen molar-refractivity contribution in [1.82, 2.24) is 14.5 Å². The van der Waals surface area contributed by atoms with Crippen LogP contribution in [0.3, 0.4) is 0 Å². The van der Waals surface area contributed by atoms with E-state index in [-0.39, 0.29) is 17.1 Å². The lowest BCUT2D eigenvalue weighted by Crippen LogP contribution is -2.14. The van der Waals surface area contributed by atoms with Crippen molar-refractivity contribution in [2.24, 2.45) is 0 Å². The summed E-state index contributed by atoms with van der Waals surface area (Å²) in [6.07, 6.45) is -2.15. The summed E-state index contributed by atoms with van der Waals surface area (Å²) in [5.41, 5.74) is 2.71. The summed E-state index contributed by atoms with van der Waals surface area (Å²) in [4.78, 5) is 7.21. The fourth-order valence-electron chi connectivity index (χ4n) is 3.48. The molecule has 30 heavy (non-hydrogen) atoms. The lowest BCUT2D eigenvalue weighted by molar-refractivity contribution is -0.136. The van der Waals surface area contributed by atoms with Crippen LogP contribution in [0.5, 0.6) is 0 Å². The Balaban J connectivity index is 2.00. The van der Waals surface area contributed by atoms with Crippen molar-refractivity contribution in [3.8, 4) is 28.6 Å². The van der Waals surface area contributed by atoms with Crippen LogP contribution in [0.1, 0.15) is 12.0 Å². The van der Waals surface area contributed by atoms with Crippen LogP contribution in [-0.2, 0) is 6.54 Å². The van der Waals surface area contributed by atoms with Gasteiger partial charge < -0.3 is 9.55 Å². The van der Waals surface area contributed by atoms with E-state index in [1.165, 1.54) is 10.6 Å². The molecule has 1 aromatic carbocycles. The van der Waals surface area contributed by atoms with Gasteiger partial charge in [-0.2, -0.15) is 18.4 Å². The molecule has 0 saturated heterocycles. The van der Waals surface area contributed by atoms with Gasteiger partial charge in [0, 0.05) is 40.5 Å². The van der Waals surface area contributed by atoms with Gasteiger partial charge in [-0.15, -0.1) is 0 Å². The Morgan fingerprint density at radius 3 is 2.60 bits per heavy atom. The molecular formula is C21H13Cl2F3N4. The summed E-state index contributed by atoms with van der Waals surface area (Å²) in [6.45, 7) is -0.372. The number of pyridine rings is 1. The second kappa shape index (κ2) is 7.71. The number of fused-ring (bicyclic) bond motifs is 1. The third-order valence-electron chi connectivity index (χ3n) is 4.76. The van der Waals surface area contributed by atoms with Gasteiger partial charge in [-0.1, -0.05) is 23.2 Å². The number of benzene rings is 1. The Morgan fingerprint density at radius 2 is 1.90 bits per heavy atom. The maximum absolute atomic E-state index is 13.1. The number of aromatic amines is 1. The summed E-state index contributed by atoms with van der Waals surface area (Å²) in [7, 11) is 0. The van der Waals surface area contributed by atoms with Crippen LogP contribution in [-0.4, -0.2) is 20.7 Å². The molecular weight excluding hydrogens is 436 g/mol. The molecule has 0 unspecified atom stereocenters. The van der Waals surface area contributed by atoms with Crippen molar-refractivity contribution < 1.29 is 13.2 Å². The first-order valence-electron chi connectivity index (χ1n) is 8.87. The summed E-state index contributed by atoms with van der Waals surface area (Å²) >= 11 is 12.3. The zero-order valence-electron chi connectivity index (χ0n) is 15.3. The molecule has 152 valence electrons. The monoisotopic (exact) mass is 448 g/mol. The van der Waals surface area contributed by atoms with Crippen LogP contribution in [0.25, 0.3) is 33.5 Å². The lowest BCUT2D eigenvalue weighted by Gasteiger charge is -2.16. The van der Waals surface area contributed by atoms with E-state index in [0.717, 1.165) is 5.39 Å². The normalized spacial score (nSPS) is 11.7. The largest absolute Gasteiger partial charge is 0.390 e. The van der Waals surface area contributed by atoms with Crippen molar-refractivity contribution in [2.45, 2.75) is 19.1 Å². The van der Waals surface area contributed by atoms with Gasteiger partial charge in [-0.05, 0) is 36.4 Å². The van der Waals surface area contributed by atoms with Crippen molar-refractivity contribution >= 4 is 34.2 Å². The predicted molar refractivity (Wildman–Crippen MR) is 110 cm³/mol. The lowest BCUT2D eigenvalue weighted by atomic mass is 10.1. The van der Waals surface area contributed by atoms with E-state index >= 15 is 0 Å². The van der Waals surface area contributed by atoms with E-state index in [2.05, 4.69) is 16.0 Å². The number of H-pyrrole nitrogens is 1. The zero-order chi connectivity index (χ0) is 21.5. The number of alkyl halides is 3. The van der Waals surface area contributed by atoms with Crippen molar-refractivity contribution in [1.29, 1.82) is 5.26 Å². The second-order valence-electron chi connectivity index (χ2n) is 6.64. The number of halogens is 5. The molecule has 0 atom stereocenters. The molecule has 4 aromatic rings. The Hall–Kier alpha value is -2.95. The average Bonchev–Trinajstić information content (AvgIpc) is 3.30. The highest BCUT2D eigenvalue weighted by Crippen LogP contribution is 2.39. The highest BCUT2D eigenvalue weighted by molar-refractivity contribution is 6.36. The fraction of sp³-hybridized carbons (Fsp3) is 0.143. The molecule has 9 heteroatoms. The minimum absolute atomic E-state index is 0.219. The molecule has 3 aromatic heterocycles. The van der Waals surface area contributed by atoms with Gasteiger partial charge in [-0.25, -0.2) is 4.98 Å². The summed E-state index contributed by atoms with van der Waals surface area (Å²) < 4.78 is 40.8. The third kappa shape index (κ3) is 3.76. The molecule has 0 saturated carbocycles. The predicted octanol–water partition coefficient (Wildman–Crippen LogP) is 6.83. The number of hydrogen-bond donors (Lipinski definition) is 1. The van der Waals surface area contributed by atoms with Gasteiger partial charge in [-0.3, -0.25) is 0 Å². The highest BCUT2D eigenvalue weighted by Gasteiger charge is 2.29. The first-order valence-corrected chi connectivity index (χ1v) is 9.62. The number of nitrogens with one attached hydrogen (secondary N) is 1. The van der Waals surface area contributed by atoms with E-state index in [9.17, 15) is 18.4 Å². The molecule has 1 N–H and O–H groups in total. The van der Waals surface area contributed by atoms with Gasteiger partial charge in [0.2, 0.25) is 0 Å². The van der Waals surface area contributed by atoms with Crippen LogP contribution in [0.2, 0.25) is 10.0 Å². The van der Waals surface area contributed by atoms with Crippen molar-refractivity contribution in [2.75, 3.05) is 0 Å². The standard InChI is InChI=1S/C21H13Cl2F3N4/c22-13-1-2-16(17(23)10-13)19-12(11-27)9-18(30(19)8-5-21(24,25)26)14-3-6-28-20-15(14)4-7-29-20/h1-4,6-7,9-10H,5,8H2,(H,28,29). The summed E-state index contributed by atoms with van der Waals surface area (Å²) in [5.74, 6) is 0. The van der Waals surface area contributed by atoms with E-state index in [4.69, 9.17) is 23.2 Å². The minimum atomic E-state index is -4.36. The van der Waals surface area contributed by atoms with Crippen molar-refractivity contribution in [3.63, 3.8) is 0 Å². The van der Waals surface area contributed by atoms with E-state index < -0.39 is 12.6 Å².